The standard InChI is InChI=1S/C22H26FN3O/c1-2-10-26-19-7-8-20(26)13-18(12-19)25-22(27)16-6-9-21(24-14-16)15-4-3-5-17(23)11-15/h3-6,9,11,14,18-20H,2,7-8,10,12-13H2,1H3,(H,25,27)/t18-,19-,20+. The zero-order valence-corrected chi connectivity index (χ0v) is 15.7. The number of nitrogens with one attached hydrogen (secondary N) is 1. The fraction of sp³-hybridized carbons (Fsp3) is 0.455. The third-order valence-electron chi connectivity index (χ3n) is 5.85. The lowest BCUT2D eigenvalue weighted by Crippen LogP contribution is -2.50. The maximum Gasteiger partial charge on any atom is 0.253 e. The summed E-state index contributed by atoms with van der Waals surface area (Å²) in [6.07, 6.45) is 7.35. The number of hydrogen-bond donors (Lipinski definition) is 1. The van der Waals surface area contributed by atoms with E-state index in [1.807, 2.05) is 6.07 Å². The molecule has 2 aromatic rings. The maximum absolute atomic E-state index is 13.4. The molecule has 2 aliphatic heterocycles. The number of hydrogen-bond acceptors (Lipinski definition) is 3. The summed E-state index contributed by atoms with van der Waals surface area (Å²) in [6, 6.07) is 11.3. The van der Waals surface area contributed by atoms with Crippen LogP contribution in [-0.2, 0) is 0 Å². The Hall–Kier alpha value is -2.27. The molecular formula is C22H26FN3O. The van der Waals surface area contributed by atoms with Gasteiger partial charge in [-0.25, -0.2) is 4.39 Å². The summed E-state index contributed by atoms with van der Waals surface area (Å²) in [6.45, 7) is 3.40. The van der Waals surface area contributed by atoms with Crippen LogP contribution in [0.2, 0.25) is 0 Å². The second-order valence-corrected chi connectivity index (χ2v) is 7.71. The van der Waals surface area contributed by atoms with Gasteiger partial charge in [-0.05, 0) is 62.9 Å². The Labute approximate surface area is 159 Å². The van der Waals surface area contributed by atoms with Gasteiger partial charge in [0.15, 0.2) is 0 Å². The number of aromatic nitrogens is 1. The number of pyridine rings is 1. The van der Waals surface area contributed by atoms with Gasteiger partial charge >= 0.3 is 0 Å². The van der Waals surface area contributed by atoms with Crippen molar-refractivity contribution in [1.82, 2.24) is 15.2 Å². The van der Waals surface area contributed by atoms with Crippen molar-refractivity contribution in [1.29, 1.82) is 0 Å². The largest absolute Gasteiger partial charge is 0.349 e. The minimum Gasteiger partial charge on any atom is -0.349 e. The fourth-order valence-corrected chi connectivity index (χ4v) is 4.63. The van der Waals surface area contributed by atoms with Crippen LogP contribution < -0.4 is 5.32 Å². The van der Waals surface area contributed by atoms with Crippen LogP contribution in [0, 0.1) is 5.82 Å². The molecule has 142 valence electrons. The van der Waals surface area contributed by atoms with Crippen molar-refractivity contribution in [2.24, 2.45) is 0 Å². The van der Waals surface area contributed by atoms with Crippen molar-refractivity contribution >= 4 is 5.91 Å². The highest BCUT2D eigenvalue weighted by Crippen LogP contribution is 2.35. The van der Waals surface area contributed by atoms with Gasteiger partial charge in [-0.2, -0.15) is 0 Å². The molecule has 2 aliphatic rings. The van der Waals surface area contributed by atoms with Crippen molar-refractivity contribution < 1.29 is 9.18 Å². The van der Waals surface area contributed by atoms with Crippen LogP contribution >= 0.6 is 0 Å². The summed E-state index contributed by atoms with van der Waals surface area (Å²) >= 11 is 0. The van der Waals surface area contributed by atoms with E-state index in [0.717, 1.165) is 12.8 Å². The van der Waals surface area contributed by atoms with Crippen LogP contribution in [0.15, 0.2) is 42.6 Å². The van der Waals surface area contributed by atoms with Gasteiger partial charge in [0.2, 0.25) is 0 Å². The quantitative estimate of drug-likeness (QED) is 0.868. The van der Waals surface area contributed by atoms with Crippen LogP contribution in [0.25, 0.3) is 11.3 Å². The van der Waals surface area contributed by atoms with Crippen LogP contribution in [-0.4, -0.2) is 40.5 Å². The highest BCUT2D eigenvalue weighted by Gasteiger charge is 2.40. The Morgan fingerprint density at radius 1 is 1.22 bits per heavy atom. The third kappa shape index (κ3) is 3.88. The van der Waals surface area contributed by atoms with Crippen molar-refractivity contribution in [3.05, 3.63) is 54.0 Å². The molecule has 4 nitrogen and oxygen atoms in total. The van der Waals surface area contributed by atoms with Crippen molar-refractivity contribution in [2.75, 3.05) is 6.54 Å². The molecule has 0 radical (unpaired) electrons. The molecule has 0 spiro atoms. The maximum atomic E-state index is 13.4. The number of nitrogens with zero attached hydrogens (tertiary/aromatic N) is 2. The summed E-state index contributed by atoms with van der Waals surface area (Å²) in [5.41, 5.74) is 1.93. The summed E-state index contributed by atoms with van der Waals surface area (Å²) in [7, 11) is 0. The monoisotopic (exact) mass is 367 g/mol. The second-order valence-electron chi connectivity index (χ2n) is 7.71. The van der Waals surface area contributed by atoms with E-state index in [9.17, 15) is 9.18 Å². The SMILES string of the molecule is CCCN1[C@@H]2CC[C@H]1C[C@H](NC(=O)c1ccc(-c3cccc(F)c3)nc1)C2. The van der Waals surface area contributed by atoms with Gasteiger partial charge in [-0.3, -0.25) is 14.7 Å². The van der Waals surface area contributed by atoms with Crippen molar-refractivity contribution in [3.63, 3.8) is 0 Å². The fourth-order valence-electron chi connectivity index (χ4n) is 4.63. The number of amides is 1. The van der Waals surface area contributed by atoms with E-state index in [2.05, 4.69) is 22.1 Å². The average Bonchev–Trinajstić information content (AvgIpc) is 2.91. The van der Waals surface area contributed by atoms with Gasteiger partial charge in [0.05, 0.1) is 11.3 Å². The van der Waals surface area contributed by atoms with E-state index in [0.29, 0.717) is 28.9 Å². The normalized spacial score (nSPS) is 24.7. The highest BCUT2D eigenvalue weighted by atomic mass is 19.1. The van der Waals surface area contributed by atoms with Gasteiger partial charge in [0.25, 0.3) is 5.91 Å². The zero-order valence-electron chi connectivity index (χ0n) is 15.7. The number of carbonyl (C=O) groups excluding carboxylic acids is 1. The van der Waals surface area contributed by atoms with E-state index in [-0.39, 0.29) is 17.8 Å². The first-order valence-corrected chi connectivity index (χ1v) is 9.92. The first-order valence-electron chi connectivity index (χ1n) is 9.92. The van der Waals surface area contributed by atoms with E-state index < -0.39 is 0 Å². The van der Waals surface area contributed by atoms with Crippen LogP contribution in [0.1, 0.15) is 49.4 Å². The molecule has 0 aliphatic carbocycles. The minimum absolute atomic E-state index is 0.0679. The lowest BCUT2D eigenvalue weighted by molar-refractivity contribution is 0.0845. The number of fused-ring (bicyclic) bond motifs is 2. The molecule has 3 atom stereocenters. The molecule has 2 fully saturated rings. The number of benzene rings is 1. The molecule has 1 N–H and O–H groups in total. The predicted molar refractivity (Wildman–Crippen MR) is 104 cm³/mol. The van der Waals surface area contributed by atoms with Gasteiger partial charge in [0.1, 0.15) is 5.82 Å². The van der Waals surface area contributed by atoms with Gasteiger partial charge in [-0.1, -0.05) is 19.1 Å². The highest BCUT2D eigenvalue weighted by molar-refractivity contribution is 5.94. The Bertz CT molecular complexity index is 793. The van der Waals surface area contributed by atoms with Crippen molar-refractivity contribution in [2.45, 2.75) is 57.2 Å². The molecule has 2 saturated heterocycles. The molecule has 1 aromatic heterocycles. The van der Waals surface area contributed by atoms with Gasteiger partial charge in [0, 0.05) is 29.9 Å². The molecule has 1 amide bonds. The predicted octanol–water partition coefficient (Wildman–Crippen LogP) is 4.02. The number of rotatable bonds is 5. The van der Waals surface area contributed by atoms with E-state index in [4.69, 9.17) is 0 Å². The molecule has 5 heteroatoms. The molecule has 3 heterocycles. The molecule has 0 unspecified atom stereocenters. The van der Waals surface area contributed by atoms with Crippen molar-refractivity contribution in [3.8, 4) is 11.3 Å². The summed E-state index contributed by atoms with van der Waals surface area (Å²) in [4.78, 5) is 19.6. The van der Waals surface area contributed by atoms with Crippen LogP contribution in [0.5, 0.6) is 0 Å². The molecule has 2 bridgehead atoms. The van der Waals surface area contributed by atoms with Crippen LogP contribution in [0.4, 0.5) is 4.39 Å². The summed E-state index contributed by atoms with van der Waals surface area (Å²) in [5.74, 6) is -0.359. The molecule has 1 aromatic carbocycles. The average molecular weight is 367 g/mol. The van der Waals surface area contributed by atoms with Gasteiger partial charge in [-0.15, -0.1) is 0 Å². The number of halogens is 1. The Morgan fingerprint density at radius 2 is 2.00 bits per heavy atom. The second kappa shape index (κ2) is 7.77. The molecular weight excluding hydrogens is 341 g/mol. The third-order valence-corrected chi connectivity index (χ3v) is 5.85. The Balaban J connectivity index is 1.39. The van der Waals surface area contributed by atoms with E-state index in [1.54, 1.807) is 24.4 Å². The lowest BCUT2D eigenvalue weighted by atomic mass is 9.96. The minimum atomic E-state index is -0.292. The van der Waals surface area contributed by atoms with E-state index in [1.165, 1.54) is 37.9 Å². The number of carbonyl (C=O) groups is 1. The molecule has 27 heavy (non-hydrogen) atoms. The van der Waals surface area contributed by atoms with E-state index >= 15 is 0 Å². The summed E-state index contributed by atoms with van der Waals surface area (Å²) < 4.78 is 13.4. The zero-order chi connectivity index (χ0) is 18.8. The topological polar surface area (TPSA) is 45.2 Å². The first kappa shape index (κ1) is 18.1. The number of piperidine rings is 1. The molecule has 4 rings (SSSR count). The smallest absolute Gasteiger partial charge is 0.253 e. The lowest BCUT2D eigenvalue weighted by Gasteiger charge is -2.39. The summed E-state index contributed by atoms with van der Waals surface area (Å²) in [5, 5.41) is 3.20. The Morgan fingerprint density at radius 3 is 2.63 bits per heavy atom. The molecule has 0 saturated carbocycles. The van der Waals surface area contributed by atoms with Gasteiger partial charge < -0.3 is 5.32 Å². The Kier molecular flexibility index (Phi) is 5.21. The van der Waals surface area contributed by atoms with Crippen LogP contribution in [0.3, 0.4) is 0 Å². The first-order chi connectivity index (χ1) is 13.1.